The molecule has 0 amide bonds. The van der Waals surface area contributed by atoms with Gasteiger partial charge in [0, 0.05) is 31.0 Å². The van der Waals surface area contributed by atoms with E-state index in [0.717, 1.165) is 38.0 Å². The van der Waals surface area contributed by atoms with Gasteiger partial charge in [0.1, 0.15) is 12.6 Å². The van der Waals surface area contributed by atoms with E-state index in [1.807, 2.05) is 7.11 Å². The molecule has 4 aliphatic carbocycles. The molecule has 0 N–H and O–H groups in total. The van der Waals surface area contributed by atoms with Crippen molar-refractivity contribution >= 4 is 5.78 Å². The van der Waals surface area contributed by atoms with Crippen molar-refractivity contribution in [3.8, 4) is 0 Å². The quantitative estimate of drug-likeness (QED) is 0.566. The third-order valence-electron chi connectivity index (χ3n) is 9.97. The predicted octanol–water partition coefficient (Wildman–Crippen LogP) is 5.24. The van der Waals surface area contributed by atoms with Gasteiger partial charge in [0.15, 0.2) is 0 Å². The highest BCUT2D eigenvalue weighted by atomic mass is 16.7. The molecule has 8 atom stereocenters. The SMILES string of the molecule is COCO[C@@H]1C[C@@](C)(CC2CC2)C(=O)[C@H](C)C23CC[C@@H](C)[C@]1(C)C2[C@H](OC)CC3. The molecule has 0 heterocycles. The Hall–Kier alpha value is -0.450. The lowest BCUT2D eigenvalue weighted by Gasteiger charge is -2.62. The maximum absolute atomic E-state index is 14.1. The molecule has 4 rings (SSSR count). The molecule has 29 heavy (non-hydrogen) atoms. The van der Waals surface area contributed by atoms with E-state index >= 15 is 0 Å². The fourth-order valence-electron chi connectivity index (χ4n) is 8.03. The first-order valence-corrected chi connectivity index (χ1v) is 11.9. The van der Waals surface area contributed by atoms with Gasteiger partial charge in [-0.2, -0.15) is 0 Å². The maximum atomic E-state index is 14.1. The van der Waals surface area contributed by atoms with Crippen LogP contribution in [-0.2, 0) is 19.0 Å². The number of ether oxygens (including phenoxy) is 3. The molecule has 4 saturated carbocycles. The van der Waals surface area contributed by atoms with Crippen LogP contribution in [-0.4, -0.2) is 39.0 Å². The van der Waals surface area contributed by atoms with Crippen molar-refractivity contribution in [2.24, 2.45) is 39.9 Å². The van der Waals surface area contributed by atoms with Crippen LogP contribution in [0.2, 0.25) is 0 Å². The molecule has 4 nitrogen and oxygen atoms in total. The number of carbonyl (C=O) groups is 1. The van der Waals surface area contributed by atoms with Crippen LogP contribution in [0.5, 0.6) is 0 Å². The lowest BCUT2D eigenvalue weighted by molar-refractivity contribution is -0.220. The first kappa shape index (κ1) is 21.8. The molecule has 0 aliphatic heterocycles. The van der Waals surface area contributed by atoms with Crippen LogP contribution in [0.25, 0.3) is 0 Å². The Kier molecular flexibility index (Phi) is 5.71. The average Bonchev–Trinajstić information content (AvgIpc) is 3.42. The number of hydrogen-bond acceptors (Lipinski definition) is 4. The van der Waals surface area contributed by atoms with E-state index in [1.54, 1.807) is 7.11 Å². The molecule has 4 fully saturated rings. The normalized spacial score (nSPS) is 50.1. The van der Waals surface area contributed by atoms with Gasteiger partial charge in [0.25, 0.3) is 0 Å². The molecule has 2 bridgehead atoms. The predicted molar refractivity (Wildman–Crippen MR) is 113 cm³/mol. The zero-order valence-electron chi connectivity index (χ0n) is 19.5. The van der Waals surface area contributed by atoms with Crippen molar-refractivity contribution in [1.29, 1.82) is 0 Å². The van der Waals surface area contributed by atoms with Crippen LogP contribution < -0.4 is 0 Å². The zero-order chi connectivity index (χ0) is 21.0. The topological polar surface area (TPSA) is 44.8 Å². The molecule has 0 spiro atoms. The second-order valence-corrected chi connectivity index (χ2v) is 11.4. The summed E-state index contributed by atoms with van der Waals surface area (Å²) in [6, 6.07) is 0. The van der Waals surface area contributed by atoms with E-state index in [0.29, 0.717) is 24.4 Å². The number of rotatable bonds is 6. The van der Waals surface area contributed by atoms with Gasteiger partial charge in [-0.05, 0) is 61.7 Å². The monoisotopic (exact) mass is 406 g/mol. The Morgan fingerprint density at radius 2 is 1.72 bits per heavy atom. The molecule has 2 unspecified atom stereocenters. The molecular formula is C25H42O4. The number of carbonyl (C=O) groups excluding carboxylic acids is 1. The van der Waals surface area contributed by atoms with E-state index in [1.165, 1.54) is 19.3 Å². The summed E-state index contributed by atoms with van der Waals surface area (Å²) in [5.41, 5.74) is -0.243. The van der Waals surface area contributed by atoms with Crippen LogP contribution in [0.15, 0.2) is 0 Å². The highest BCUT2D eigenvalue weighted by Gasteiger charge is 2.68. The highest BCUT2D eigenvalue weighted by molar-refractivity contribution is 5.87. The van der Waals surface area contributed by atoms with E-state index in [9.17, 15) is 4.79 Å². The summed E-state index contributed by atoms with van der Waals surface area (Å²) in [6.07, 6.45) is 9.17. The first-order valence-electron chi connectivity index (χ1n) is 11.9. The van der Waals surface area contributed by atoms with Gasteiger partial charge in [-0.25, -0.2) is 0 Å². The highest BCUT2D eigenvalue weighted by Crippen LogP contribution is 2.69. The number of hydrogen-bond donors (Lipinski definition) is 0. The van der Waals surface area contributed by atoms with Crippen molar-refractivity contribution in [2.75, 3.05) is 21.0 Å². The summed E-state index contributed by atoms with van der Waals surface area (Å²) in [7, 11) is 3.56. The van der Waals surface area contributed by atoms with Crippen LogP contribution in [0.4, 0.5) is 0 Å². The summed E-state index contributed by atoms with van der Waals surface area (Å²) in [6.45, 7) is 9.66. The lowest BCUT2D eigenvalue weighted by atomic mass is 9.43. The number of Topliss-reactive ketones (excluding diaryl/α,β-unsaturated/α-hetero) is 1. The van der Waals surface area contributed by atoms with Crippen molar-refractivity contribution < 1.29 is 19.0 Å². The smallest absolute Gasteiger partial charge is 0.146 e. The zero-order valence-corrected chi connectivity index (χ0v) is 19.5. The van der Waals surface area contributed by atoms with E-state index in [4.69, 9.17) is 14.2 Å². The van der Waals surface area contributed by atoms with Crippen molar-refractivity contribution in [3.63, 3.8) is 0 Å². The standard InChI is InChI=1S/C25H42O4/c1-16-9-11-25-12-10-19(28-6)21(25)24(16,4)20(29-15-27-5)14-23(3,13-18-7-8-18)22(26)17(25)2/h16-21H,7-15H2,1-6H3/t16-,17+,19-,20-,21?,23-,24+,25?/m1/s1. The second kappa shape index (κ2) is 7.60. The van der Waals surface area contributed by atoms with Gasteiger partial charge in [0.2, 0.25) is 0 Å². The van der Waals surface area contributed by atoms with Gasteiger partial charge >= 0.3 is 0 Å². The third-order valence-corrected chi connectivity index (χ3v) is 9.97. The molecule has 0 radical (unpaired) electrons. The molecule has 0 aromatic rings. The Labute approximate surface area is 177 Å². The van der Waals surface area contributed by atoms with Crippen molar-refractivity contribution in [3.05, 3.63) is 0 Å². The Morgan fingerprint density at radius 1 is 1.03 bits per heavy atom. The molecule has 0 aromatic carbocycles. The van der Waals surface area contributed by atoms with Gasteiger partial charge in [-0.15, -0.1) is 0 Å². The molecule has 0 saturated heterocycles. The van der Waals surface area contributed by atoms with E-state index in [2.05, 4.69) is 27.7 Å². The molecule has 0 aromatic heterocycles. The first-order chi connectivity index (χ1) is 13.7. The molecule has 166 valence electrons. The minimum atomic E-state index is -0.291. The molecule has 4 heteroatoms. The summed E-state index contributed by atoms with van der Waals surface area (Å²) in [5, 5.41) is 0. The van der Waals surface area contributed by atoms with Crippen LogP contribution in [0.1, 0.15) is 79.1 Å². The van der Waals surface area contributed by atoms with Gasteiger partial charge in [-0.3, -0.25) is 4.79 Å². The van der Waals surface area contributed by atoms with E-state index < -0.39 is 0 Å². The van der Waals surface area contributed by atoms with Crippen LogP contribution >= 0.6 is 0 Å². The Balaban J connectivity index is 1.83. The van der Waals surface area contributed by atoms with Gasteiger partial charge in [-0.1, -0.05) is 40.5 Å². The fraction of sp³-hybridized carbons (Fsp3) is 0.960. The lowest BCUT2D eigenvalue weighted by Crippen LogP contribution is -2.63. The van der Waals surface area contributed by atoms with Crippen LogP contribution in [0, 0.1) is 39.9 Å². The summed E-state index contributed by atoms with van der Waals surface area (Å²) in [4.78, 5) is 14.1. The summed E-state index contributed by atoms with van der Waals surface area (Å²) >= 11 is 0. The Bertz CT molecular complexity index is 630. The second-order valence-electron chi connectivity index (χ2n) is 11.4. The Morgan fingerprint density at radius 3 is 2.34 bits per heavy atom. The fourth-order valence-corrected chi connectivity index (χ4v) is 8.03. The minimum absolute atomic E-state index is 0.00622. The molecular weight excluding hydrogens is 364 g/mol. The number of ketones is 1. The van der Waals surface area contributed by atoms with Crippen LogP contribution in [0.3, 0.4) is 0 Å². The average molecular weight is 407 g/mol. The van der Waals surface area contributed by atoms with Crippen molar-refractivity contribution in [2.45, 2.75) is 91.3 Å². The van der Waals surface area contributed by atoms with E-state index in [-0.39, 0.29) is 34.4 Å². The summed E-state index contributed by atoms with van der Waals surface area (Å²) in [5.74, 6) is 2.24. The minimum Gasteiger partial charge on any atom is -0.381 e. The molecule has 4 aliphatic rings. The van der Waals surface area contributed by atoms with Crippen molar-refractivity contribution in [1.82, 2.24) is 0 Å². The third kappa shape index (κ3) is 3.24. The largest absolute Gasteiger partial charge is 0.381 e. The maximum Gasteiger partial charge on any atom is 0.146 e. The van der Waals surface area contributed by atoms with Gasteiger partial charge in [0.05, 0.1) is 12.2 Å². The number of methoxy groups -OCH3 is 2. The van der Waals surface area contributed by atoms with Gasteiger partial charge < -0.3 is 14.2 Å². The summed E-state index contributed by atoms with van der Waals surface area (Å²) < 4.78 is 17.9.